The number of furan rings is 1. The zero-order valence-corrected chi connectivity index (χ0v) is 19.7. The monoisotopic (exact) mass is 470 g/mol. The summed E-state index contributed by atoms with van der Waals surface area (Å²) in [6.45, 7) is 2.89. The molecule has 8 nitrogen and oxygen atoms in total. The minimum absolute atomic E-state index is 0.00139. The molecule has 0 bridgehead atoms. The fourth-order valence-electron chi connectivity index (χ4n) is 3.88. The lowest BCUT2D eigenvalue weighted by Crippen LogP contribution is -2.43. The van der Waals surface area contributed by atoms with Gasteiger partial charge in [-0.15, -0.1) is 0 Å². The number of likely N-dealkylation sites (tertiary alicyclic amines) is 1. The summed E-state index contributed by atoms with van der Waals surface area (Å²) in [5.74, 6) is 4.90. The molecule has 2 aromatic heterocycles. The van der Waals surface area contributed by atoms with Crippen molar-refractivity contribution in [3.8, 4) is 17.1 Å². The van der Waals surface area contributed by atoms with Gasteiger partial charge in [0.2, 0.25) is 17.6 Å². The molecule has 1 aliphatic rings. The van der Waals surface area contributed by atoms with Gasteiger partial charge in [0.1, 0.15) is 11.5 Å². The van der Waals surface area contributed by atoms with E-state index >= 15 is 0 Å². The predicted octanol–water partition coefficient (Wildman–Crippen LogP) is 3.99. The molecular formula is C24H30N4O4S. The molecule has 1 atom stereocenters. The smallest absolute Gasteiger partial charge is 0.241 e. The van der Waals surface area contributed by atoms with Gasteiger partial charge in [0.15, 0.2) is 0 Å². The van der Waals surface area contributed by atoms with Crippen molar-refractivity contribution in [2.24, 2.45) is 5.92 Å². The van der Waals surface area contributed by atoms with Gasteiger partial charge in [-0.3, -0.25) is 9.69 Å². The molecule has 0 radical (unpaired) electrons. The predicted molar refractivity (Wildman–Crippen MR) is 127 cm³/mol. The second kappa shape index (κ2) is 11.9. The number of amides is 1. The lowest BCUT2D eigenvalue weighted by Gasteiger charge is -2.30. The van der Waals surface area contributed by atoms with Gasteiger partial charge in [-0.05, 0) is 68.0 Å². The van der Waals surface area contributed by atoms with Crippen molar-refractivity contribution in [1.82, 2.24) is 20.4 Å². The topological polar surface area (TPSA) is 93.6 Å². The molecule has 1 amide bonds. The van der Waals surface area contributed by atoms with Gasteiger partial charge in [0.25, 0.3) is 0 Å². The van der Waals surface area contributed by atoms with Gasteiger partial charge in [-0.1, -0.05) is 5.16 Å². The van der Waals surface area contributed by atoms with E-state index in [1.165, 1.54) is 0 Å². The van der Waals surface area contributed by atoms with Crippen molar-refractivity contribution in [2.75, 3.05) is 32.5 Å². The van der Waals surface area contributed by atoms with Gasteiger partial charge in [0, 0.05) is 18.7 Å². The van der Waals surface area contributed by atoms with Crippen molar-refractivity contribution in [3.63, 3.8) is 0 Å². The Bertz CT molecular complexity index is 990. The van der Waals surface area contributed by atoms with Crippen LogP contribution in [0, 0.1) is 5.92 Å². The van der Waals surface area contributed by atoms with E-state index < -0.39 is 0 Å². The molecule has 1 unspecified atom stereocenters. The molecule has 0 spiro atoms. The number of piperidine rings is 1. The Balaban J connectivity index is 1.18. The number of nitrogens with zero attached hydrogens (tertiary/aromatic N) is 3. The van der Waals surface area contributed by atoms with Crippen LogP contribution < -0.4 is 10.1 Å². The molecule has 3 aromatic rings. The summed E-state index contributed by atoms with van der Waals surface area (Å²) >= 11 is 1.82. The molecule has 33 heavy (non-hydrogen) atoms. The third kappa shape index (κ3) is 6.85. The summed E-state index contributed by atoms with van der Waals surface area (Å²) in [5, 5.41) is 7.20. The average Bonchev–Trinajstić information content (AvgIpc) is 3.54. The largest absolute Gasteiger partial charge is 0.497 e. The first-order chi connectivity index (χ1) is 16.2. The van der Waals surface area contributed by atoms with E-state index in [4.69, 9.17) is 13.7 Å². The lowest BCUT2D eigenvalue weighted by molar-refractivity contribution is -0.126. The van der Waals surface area contributed by atoms with Gasteiger partial charge in [0.05, 0.1) is 31.6 Å². The molecular weight excluding hydrogens is 440 g/mol. The van der Waals surface area contributed by atoms with Crippen LogP contribution in [0.25, 0.3) is 11.4 Å². The first kappa shape index (κ1) is 23.4. The number of aromatic nitrogens is 2. The van der Waals surface area contributed by atoms with Crippen molar-refractivity contribution >= 4 is 17.7 Å². The highest BCUT2D eigenvalue weighted by atomic mass is 32.2. The van der Waals surface area contributed by atoms with Gasteiger partial charge >= 0.3 is 0 Å². The third-order valence-electron chi connectivity index (χ3n) is 5.64. The Morgan fingerprint density at radius 3 is 2.97 bits per heavy atom. The molecule has 1 aliphatic heterocycles. The Morgan fingerprint density at radius 1 is 1.30 bits per heavy atom. The minimum atomic E-state index is -0.00139. The maximum absolute atomic E-state index is 12.6. The SMILES string of the molecule is COc1ccc(-c2noc(CN3CCCC(C(=O)NCCCSCc4ccco4)C3)n2)cc1. The number of benzene rings is 1. The summed E-state index contributed by atoms with van der Waals surface area (Å²) < 4.78 is 16.0. The minimum Gasteiger partial charge on any atom is -0.497 e. The highest BCUT2D eigenvalue weighted by molar-refractivity contribution is 7.98. The molecule has 1 saturated heterocycles. The number of carbonyl (C=O) groups is 1. The molecule has 176 valence electrons. The van der Waals surface area contributed by atoms with Gasteiger partial charge in [-0.25, -0.2) is 0 Å². The fourth-order valence-corrected chi connectivity index (χ4v) is 4.74. The molecule has 9 heteroatoms. The van der Waals surface area contributed by atoms with Crippen LogP contribution in [0.2, 0.25) is 0 Å². The van der Waals surface area contributed by atoms with E-state index in [1.807, 2.05) is 48.2 Å². The average molecular weight is 471 g/mol. The number of carbonyl (C=O) groups excluding carboxylic acids is 1. The number of rotatable bonds is 11. The van der Waals surface area contributed by atoms with E-state index in [0.29, 0.717) is 31.3 Å². The number of nitrogens with one attached hydrogen (secondary N) is 1. The first-order valence-electron chi connectivity index (χ1n) is 11.3. The van der Waals surface area contributed by atoms with Crippen LogP contribution in [-0.2, 0) is 17.1 Å². The van der Waals surface area contributed by atoms with Crippen LogP contribution >= 0.6 is 11.8 Å². The van der Waals surface area contributed by atoms with Crippen molar-refractivity contribution in [1.29, 1.82) is 0 Å². The zero-order valence-electron chi connectivity index (χ0n) is 18.9. The van der Waals surface area contributed by atoms with E-state index in [-0.39, 0.29) is 11.8 Å². The van der Waals surface area contributed by atoms with Crippen molar-refractivity contribution < 1.29 is 18.5 Å². The Hall–Kier alpha value is -2.78. The summed E-state index contributed by atoms with van der Waals surface area (Å²) in [6, 6.07) is 11.4. The van der Waals surface area contributed by atoms with Crippen LogP contribution in [0.15, 0.2) is 51.6 Å². The van der Waals surface area contributed by atoms with Gasteiger partial charge < -0.3 is 19.0 Å². The van der Waals surface area contributed by atoms with Crippen LogP contribution in [0.4, 0.5) is 0 Å². The number of ether oxygens (including phenoxy) is 1. The molecule has 0 aliphatic carbocycles. The molecule has 4 rings (SSSR count). The van der Waals surface area contributed by atoms with E-state index in [2.05, 4.69) is 20.4 Å². The number of hydrogen-bond donors (Lipinski definition) is 1. The van der Waals surface area contributed by atoms with Crippen LogP contribution in [-0.4, -0.2) is 53.4 Å². The van der Waals surface area contributed by atoms with Crippen LogP contribution in [0.1, 0.15) is 30.9 Å². The molecule has 3 heterocycles. The molecule has 1 aromatic carbocycles. The normalized spacial score (nSPS) is 16.6. The maximum Gasteiger partial charge on any atom is 0.241 e. The lowest BCUT2D eigenvalue weighted by atomic mass is 9.97. The standard InChI is InChI=1S/C24H30N4O4S/c1-30-20-9-7-18(8-10-20)23-26-22(32-27-23)16-28-12-2-5-19(15-28)24(29)25-11-4-14-33-17-21-6-3-13-31-21/h3,6-10,13,19H,2,4-5,11-12,14-17H2,1H3,(H,25,29). The zero-order chi connectivity index (χ0) is 22.9. The summed E-state index contributed by atoms with van der Waals surface area (Å²) in [4.78, 5) is 19.4. The number of thioether (sulfide) groups is 1. The van der Waals surface area contributed by atoms with Crippen molar-refractivity contribution in [2.45, 2.75) is 31.6 Å². The maximum atomic E-state index is 12.6. The van der Waals surface area contributed by atoms with Crippen LogP contribution in [0.5, 0.6) is 5.75 Å². The highest BCUT2D eigenvalue weighted by Crippen LogP contribution is 2.22. The van der Waals surface area contributed by atoms with Gasteiger partial charge in [-0.2, -0.15) is 16.7 Å². The summed E-state index contributed by atoms with van der Waals surface area (Å²) in [5.41, 5.74) is 0.879. The molecule has 1 fully saturated rings. The van der Waals surface area contributed by atoms with E-state index in [0.717, 1.165) is 54.4 Å². The first-order valence-corrected chi connectivity index (χ1v) is 12.4. The summed E-state index contributed by atoms with van der Waals surface area (Å²) in [6.07, 6.45) is 4.54. The summed E-state index contributed by atoms with van der Waals surface area (Å²) in [7, 11) is 1.64. The number of hydrogen-bond acceptors (Lipinski definition) is 8. The Labute approximate surface area is 198 Å². The van der Waals surface area contributed by atoms with Crippen molar-refractivity contribution in [3.05, 3.63) is 54.3 Å². The Morgan fingerprint density at radius 2 is 2.18 bits per heavy atom. The number of methoxy groups -OCH3 is 1. The quantitative estimate of drug-likeness (QED) is 0.421. The highest BCUT2D eigenvalue weighted by Gasteiger charge is 2.26. The molecule has 1 N–H and O–H groups in total. The molecule has 0 saturated carbocycles. The van der Waals surface area contributed by atoms with Crippen LogP contribution in [0.3, 0.4) is 0 Å². The third-order valence-corrected chi connectivity index (χ3v) is 6.71. The van der Waals surface area contributed by atoms with E-state index in [9.17, 15) is 4.79 Å². The fraction of sp³-hybridized carbons (Fsp3) is 0.458. The Kier molecular flexibility index (Phi) is 8.43. The second-order valence-corrected chi connectivity index (χ2v) is 9.20. The van der Waals surface area contributed by atoms with E-state index in [1.54, 1.807) is 13.4 Å². The second-order valence-electron chi connectivity index (χ2n) is 8.09.